The minimum Gasteiger partial charge on any atom is -0.450 e. The van der Waals surface area contributed by atoms with Gasteiger partial charge in [0.2, 0.25) is 0 Å². The predicted octanol–water partition coefficient (Wildman–Crippen LogP) is 0.643. The summed E-state index contributed by atoms with van der Waals surface area (Å²) in [6.07, 6.45) is -0.787. The summed E-state index contributed by atoms with van der Waals surface area (Å²) in [6, 6.07) is 3.68. The Hall–Kier alpha value is -1.60. The molecule has 0 aliphatic heterocycles. The summed E-state index contributed by atoms with van der Waals surface area (Å²) >= 11 is 5.94. The lowest BCUT2D eigenvalue weighted by atomic mass is 10.3. The Morgan fingerprint density at radius 2 is 1.71 bits per heavy atom. The number of anilines is 2. The van der Waals surface area contributed by atoms with Gasteiger partial charge in [-0.15, -0.1) is 3.71 Å². The van der Waals surface area contributed by atoms with Crippen molar-refractivity contribution >= 4 is 49.5 Å². The molecule has 10 nitrogen and oxygen atoms in total. The highest BCUT2D eigenvalue weighted by molar-refractivity contribution is 8.08. The largest absolute Gasteiger partial charge is 0.450 e. The Morgan fingerprint density at radius 1 is 1.17 bits per heavy atom. The fraction of sp³-hybridized carbons (Fsp3) is 0.364. The summed E-state index contributed by atoms with van der Waals surface area (Å²) in [5.74, 6) is 0. The van der Waals surface area contributed by atoms with E-state index in [1.54, 1.807) is 6.92 Å². The number of carbonyl (C=O) groups excluding carboxylic acids is 1. The van der Waals surface area contributed by atoms with Crippen molar-refractivity contribution in [2.75, 3.05) is 29.7 Å². The highest BCUT2D eigenvalue weighted by Crippen LogP contribution is 2.32. The van der Waals surface area contributed by atoms with Crippen LogP contribution >= 0.6 is 11.6 Å². The van der Waals surface area contributed by atoms with Crippen LogP contribution in [-0.4, -0.2) is 43.6 Å². The van der Waals surface area contributed by atoms with E-state index >= 15 is 0 Å². The zero-order valence-electron chi connectivity index (χ0n) is 13.0. The summed E-state index contributed by atoms with van der Waals surface area (Å²) in [5, 5.41) is 2.16. The minimum absolute atomic E-state index is 0.0820. The van der Waals surface area contributed by atoms with Gasteiger partial charge in [-0.2, -0.15) is 26.3 Å². The molecule has 0 aromatic heterocycles. The van der Waals surface area contributed by atoms with Crippen molar-refractivity contribution in [2.24, 2.45) is 0 Å². The summed E-state index contributed by atoms with van der Waals surface area (Å²) in [7, 11) is -6.83. The molecule has 24 heavy (non-hydrogen) atoms. The van der Waals surface area contributed by atoms with Gasteiger partial charge in [-0.05, 0) is 25.1 Å². The third-order valence-corrected chi connectivity index (χ3v) is 6.41. The first-order chi connectivity index (χ1) is 11.1. The van der Waals surface area contributed by atoms with E-state index in [4.69, 9.17) is 16.3 Å². The number of ether oxygens (including phenoxy) is 1. The van der Waals surface area contributed by atoms with E-state index in [9.17, 15) is 21.6 Å². The molecule has 1 amide bonds. The van der Waals surface area contributed by atoms with Crippen molar-refractivity contribution in [1.29, 1.82) is 0 Å². The molecule has 1 rings (SSSR count). The van der Waals surface area contributed by atoms with Crippen LogP contribution in [0.1, 0.15) is 6.92 Å². The number of carbonyl (C=O) groups is 1. The highest BCUT2D eigenvalue weighted by Gasteiger charge is 2.34. The second-order valence-electron chi connectivity index (χ2n) is 4.13. The first kappa shape index (κ1) is 20.4. The lowest BCUT2D eigenvalue weighted by Crippen LogP contribution is -2.47. The molecule has 0 saturated carbocycles. The van der Waals surface area contributed by atoms with Crippen LogP contribution in [0.3, 0.4) is 0 Å². The number of benzene rings is 1. The molecule has 3 N–H and O–H groups in total. The molecule has 0 saturated heterocycles. The second kappa shape index (κ2) is 7.98. The summed E-state index contributed by atoms with van der Waals surface area (Å²) in [6.45, 7) is 1.73. The number of rotatable bonds is 7. The molecule has 0 atom stereocenters. The van der Waals surface area contributed by atoms with E-state index in [-0.39, 0.29) is 26.7 Å². The monoisotopic (exact) mass is 400 g/mol. The topological polar surface area (TPSA) is 134 Å². The molecule has 0 aliphatic carbocycles. The number of halogens is 1. The van der Waals surface area contributed by atoms with Crippen molar-refractivity contribution in [2.45, 2.75) is 6.92 Å². The predicted molar refractivity (Wildman–Crippen MR) is 90.5 cm³/mol. The molecule has 0 aliphatic rings. The molecule has 1 aromatic rings. The number of nitrogens with zero attached hydrogens (tertiary/aromatic N) is 1. The van der Waals surface area contributed by atoms with Crippen LogP contribution in [0.4, 0.5) is 16.2 Å². The maximum Gasteiger partial charge on any atom is 0.411 e. The highest BCUT2D eigenvalue weighted by atomic mass is 35.5. The van der Waals surface area contributed by atoms with Crippen molar-refractivity contribution in [3.63, 3.8) is 0 Å². The first-order valence-corrected chi connectivity index (χ1v) is 9.75. The number of amides is 1. The van der Waals surface area contributed by atoms with Crippen molar-refractivity contribution in [3.8, 4) is 0 Å². The van der Waals surface area contributed by atoms with Crippen LogP contribution in [0.2, 0.25) is 5.02 Å². The smallest absolute Gasteiger partial charge is 0.411 e. The van der Waals surface area contributed by atoms with Crippen molar-refractivity contribution in [1.82, 2.24) is 9.44 Å². The van der Waals surface area contributed by atoms with Gasteiger partial charge in [0.1, 0.15) is 0 Å². The van der Waals surface area contributed by atoms with Crippen LogP contribution in [0.25, 0.3) is 0 Å². The Bertz CT molecular complexity index is 778. The lowest BCUT2D eigenvalue weighted by Gasteiger charge is -2.23. The fourth-order valence-corrected chi connectivity index (χ4v) is 4.50. The maximum atomic E-state index is 12.1. The van der Waals surface area contributed by atoms with Gasteiger partial charge in [-0.1, -0.05) is 11.6 Å². The number of nitrogens with one attached hydrogen (secondary N) is 3. The van der Waals surface area contributed by atoms with E-state index in [0.717, 1.165) is 20.2 Å². The number of hydrogen-bond acceptors (Lipinski definition) is 6. The second-order valence-corrected chi connectivity index (χ2v) is 8.21. The average molecular weight is 401 g/mol. The van der Waals surface area contributed by atoms with Gasteiger partial charge in [0.15, 0.2) is 0 Å². The molecule has 0 radical (unpaired) electrons. The summed E-state index contributed by atoms with van der Waals surface area (Å²) < 4.78 is 57.0. The quantitative estimate of drug-likeness (QED) is 0.615. The molecule has 0 unspecified atom stereocenters. The fourth-order valence-electron chi connectivity index (χ4n) is 1.57. The molecule has 136 valence electrons. The van der Waals surface area contributed by atoms with E-state index in [0.29, 0.717) is 0 Å². The standard InChI is InChI=1S/C11H17ClN4O6S2/c1-4-22-11(17)15-8-5-6-9(12)10(7-8)16(23(18,19)13-2)24(20,21)14-3/h5-7,13-14H,4H2,1-3H3,(H,15,17). The Labute approximate surface area is 145 Å². The van der Waals surface area contributed by atoms with E-state index in [1.807, 2.05) is 9.44 Å². The minimum atomic E-state index is -4.46. The normalized spacial score (nSPS) is 11.8. The average Bonchev–Trinajstić information content (AvgIpc) is 2.50. The van der Waals surface area contributed by atoms with Crippen LogP contribution in [0.15, 0.2) is 18.2 Å². The van der Waals surface area contributed by atoms with E-state index in [1.165, 1.54) is 12.1 Å². The van der Waals surface area contributed by atoms with Gasteiger partial charge in [0, 0.05) is 19.8 Å². The van der Waals surface area contributed by atoms with Crippen LogP contribution in [-0.2, 0) is 25.2 Å². The third kappa shape index (κ3) is 4.70. The molecule has 0 fully saturated rings. The Morgan fingerprint density at radius 3 is 2.17 bits per heavy atom. The molecule has 0 heterocycles. The summed E-state index contributed by atoms with van der Waals surface area (Å²) in [5.41, 5.74) is -0.287. The lowest BCUT2D eigenvalue weighted by molar-refractivity contribution is 0.168. The molecule has 0 spiro atoms. The van der Waals surface area contributed by atoms with Gasteiger partial charge >= 0.3 is 26.5 Å². The third-order valence-electron chi connectivity index (χ3n) is 2.62. The van der Waals surface area contributed by atoms with Gasteiger partial charge in [-0.25, -0.2) is 4.79 Å². The zero-order valence-corrected chi connectivity index (χ0v) is 15.4. The summed E-state index contributed by atoms with van der Waals surface area (Å²) in [4.78, 5) is 11.4. The Balaban J connectivity index is 3.46. The van der Waals surface area contributed by atoms with Gasteiger partial charge in [0.25, 0.3) is 0 Å². The molecular formula is C11H17ClN4O6S2. The first-order valence-electron chi connectivity index (χ1n) is 6.49. The molecular weight excluding hydrogens is 384 g/mol. The van der Waals surface area contributed by atoms with Gasteiger partial charge in [-0.3, -0.25) is 5.32 Å². The molecule has 0 bridgehead atoms. The molecule has 1 aromatic carbocycles. The van der Waals surface area contributed by atoms with Crippen LogP contribution < -0.4 is 18.5 Å². The van der Waals surface area contributed by atoms with E-state index < -0.39 is 26.5 Å². The Kier molecular flexibility index (Phi) is 6.80. The number of hydrogen-bond donors (Lipinski definition) is 3. The van der Waals surface area contributed by atoms with Gasteiger partial charge in [0.05, 0.1) is 17.3 Å². The van der Waals surface area contributed by atoms with Gasteiger partial charge < -0.3 is 4.74 Å². The van der Waals surface area contributed by atoms with Crippen LogP contribution in [0.5, 0.6) is 0 Å². The molecule has 13 heteroatoms. The maximum absolute atomic E-state index is 12.1. The SMILES string of the molecule is CCOC(=O)Nc1ccc(Cl)c(N(S(=O)(=O)NC)S(=O)(=O)NC)c1. The zero-order chi connectivity index (χ0) is 18.5. The van der Waals surface area contributed by atoms with E-state index in [2.05, 4.69) is 5.32 Å². The van der Waals surface area contributed by atoms with Crippen molar-refractivity contribution in [3.05, 3.63) is 23.2 Å². The van der Waals surface area contributed by atoms with Crippen molar-refractivity contribution < 1.29 is 26.4 Å². The van der Waals surface area contributed by atoms with Crippen LogP contribution in [0, 0.1) is 0 Å².